The molecule has 26 heavy (non-hydrogen) atoms. The largest absolute Gasteiger partial charge is 0.332 e. The third-order valence-corrected chi connectivity index (χ3v) is 5.40. The SMILES string of the molecule is Cc1nnccc1NC(=O)[C@H]1CC(=O)N(C2CC2)[C@@H]1c1cnn(C)c1C. The monoisotopic (exact) mass is 354 g/mol. The molecule has 2 aromatic heterocycles. The van der Waals surface area contributed by atoms with E-state index in [1.807, 2.05) is 18.9 Å². The summed E-state index contributed by atoms with van der Waals surface area (Å²) >= 11 is 0. The first-order valence-corrected chi connectivity index (χ1v) is 8.86. The van der Waals surface area contributed by atoms with Crippen LogP contribution in [-0.4, -0.2) is 42.7 Å². The maximum atomic E-state index is 13.0. The average Bonchev–Trinajstić information content (AvgIpc) is 3.32. The summed E-state index contributed by atoms with van der Waals surface area (Å²) in [5.74, 6) is -0.560. The Bertz CT molecular complexity index is 872. The fourth-order valence-electron chi connectivity index (χ4n) is 3.71. The minimum atomic E-state index is -0.446. The molecule has 0 spiro atoms. The highest BCUT2D eigenvalue weighted by molar-refractivity contribution is 5.98. The van der Waals surface area contributed by atoms with Gasteiger partial charge in [-0.2, -0.15) is 15.3 Å². The molecule has 1 saturated heterocycles. The third-order valence-electron chi connectivity index (χ3n) is 5.40. The number of rotatable bonds is 4. The van der Waals surface area contributed by atoms with Gasteiger partial charge >= 0.3 is 0 Å². The lowest BCUT2D eigenvalue weighted by atomic mass is 9.93. The molecule has 2 fully saturated rings. The van der Waals surface area contributed by atoms with Crippen LogP contribution in [0.2, 0.25) is 0 Å². The van der Waals surface area contributed by atoms with Crippen LogP contribution >= 0.6 is 0 Å². The summed E-state index contributed by atoms with van der Waals surface area (Å²) in [7, 11) is 1.87. The van der Waals surface area contributed by atoms with Crippen molar-refractivity contribution in [2.24, 2.45) is 13.0 Å². The Hall–Kier alpha value is -2.77. The van der Waals surface area contributed by atoms with Crippen molar-refractivity contribution in [1.82, 2.24) is 24.9 Å². The van der Waals surface area contributed by atoms with Gasteiger partial charge in [0.25, 0.3) is 0 Å². The lowest BCUT2D eigenvalue weighted by molar-refractivity contribution is -0.129. The van der Waals surface area contributed by atoms with Crippen LogP contribution in [0.3, 0.4) is 0 Å². The van der Waals surface area contributed by atoms with Crippen LogP contribution in [0.4, 0.5) is 5.69 Å². The van der Waals surface area contributed by atoms with Crippen molar-refractivity contribution >= 4 is 17.5 Å². The first kappa shape index (κ1) is 16.7. The van der Waals surface area contributed by atoms with E-state index in [4.69, 9.17) is 0 Å². The highest BCUT2D eigenvalue weighted by Gasteiger charge is 2.50. The number of aryl methyl sites for hydroxylation is 2. The minimum absolute atomic E-state index is 0.0467. The molecule has 2 amide bonds. The van der Waals surface area contributed by atoms with Gasteiger partial charge < -0.3 is 10.2 Å². The molecule has 0 bridgehead atoms. The zero-order valence-corrected chi connectivity index (χ0v) is 15.1. The molecule has 4 rings (SSSR count). The fraction of sp³-hybridized carbons (Fsp3) is 0.500. The summed E-state index contributed by atoms with van der Waals surface area (Å²) in [5.41, 5.74) is 3.21. The first-order valence-electron chi connectivity index (χ1n) is 8.86. The summed E-state index contributed by atoms with van der Waals surface area (Å²) in [5, 5.41) is 15.0. The number of amides is 2. The van der Waals surface area contributed by atoms with Gasteiger partial charge in [-0.1, -0.05) is 0 Å². The topological polar surface area (TPSA) is 93.0 Å². The Morgan fingerprint density at radius 2 is 2.08 bits per heavy atom. The Labute approximate surface area is 151 Å². The highest BCUT2D eigenvalue weighted by Crippen LogP contribution is 2.46. The van der Waals surface area contributed by atoms with E-state index in [0.717, 1.165) is 24.1 Å². The molecule has 2 aliphatic rings. The Morgan fingerprint density at radius 1 is 1.31 bits per heavy atom. The summed E-state index contributed by atoms with van der Waals surface area (Å²) in [6.45, 7) is 3.77. The molecule has 2 atom stereocenters. The van der Waals surface area contributed by atoms with E-state index in [2.05, 4.69) is 20.6 Å². The van der Waals surface area contributed by atoms with Crippen LogP contribution in [-0.2, 0) is 16.6 Å². The lowest BCUT2D eigenvalue weighted by Gasteiger charge is -2.28. The van der Waals surface area contributed by atoms with Crippen LogP contribution in [0.15, 0.2) is 18.5 Å². The Morgan fingerprint density at radius 3 is 2.69 bits per heavy atom. The van der Waals surface area contributed by atoms with Gasteiger partial charge in [-0.25, -0.2) is 0 Å². The van der Waals surface area contributed by atoms with Crippen molar-refractivity contribution in [1.29, 1.82) is 0 Å². The highest BCUT2D eigenvalue weighted by atomic mass is 16.2. The van der Waals surface area contributed by atoms with Crippen LogP contribution in [0, 0.1) is 19.8 Å². The normalized spacial score (nSPS) is 22.7. The molecule has 136 valence electrons. The van der Waals surface area contributed by atoms with Crippen molar-refractivity contribution in [2.75, 3.05) is 5.32 Å². The zero-order valence-electron chi connectivity index (χ0n) is 15.1. The number of anilines is 1. The van der Waals surface area contributed by atoms with Crippen LogP contribution in [0.5, 0.6) is 0 Å². The second kappa shape index (κ2) is 6.19. The van der Waals surface area contributed by atoms with E-state index in [0.29, 0.717) is 11.4 Å². The number of likely N-dealkylation sites (tertiary alicyclic amines) is 1. The second-order valence-corrected chi connectivity index (χ2v) is 7.12. The van der Waals surface area contributed by atoms with Crippen molar-refractivity contribution in [3.05, 3.63) is 35.4 Å². The quantitative estimate of drug-likeness (QED) is 0.898. The Kier molecular flexibility index (Phi) is 3.97. The summed E-state index contributed by atoms with van der Waals surface area (Å²) < 4.78 is 1.79. The van der Waals surface area contributed by atoms with Crippen LogP contribution in [0.25, 0.3) is 0 Å². The van der Waals surface area contributed by atoms with E-state index < -0.39 is 5.92 Å². The zero-order chi connectivity index (χ0) is 18.4. The van der Waals surface area contributed by atoms with E-state index in [1.165, 1.54) is 0 Å². The van der Waals surface area contributed by atoms with Gasteiger partial charge in [-0.05, 0) is 32.8 Å². The smallest absolute Gasteiger partial charge is 0.230 e. The molecule has 2 aromatic rings. The number of nitrogens with one attached hydrogen (secondary N) is 1. The second-order valence-electron chi connectivity index (χ2n) is 7.12. The molecule has 0 radical (unpaired) electrons. The van der Waals surface area contributed by atoms with Crippen molar-refractivity contribution < 1.29 is 9.59 Å². The van der Waals surface area contributed by atoms with Crippen LogP contribution < -0.4 is 5.32 Å². The fourth-order valence-corrected chi connectivity index (χ4v) is 3.71. The maximum Gasteiger partial charge on any atom is 0.230 e. The standard InChI is InChI=1S/C18H22N6O2/c1-10-15(6-7-19-22-10)21-18(26)13-8-16(25)24(12-4-5-12)17(13)14-9-20-23(3)11(14)2/h6-7,9,12-13,17H,4-5,8H2,1-3H3,(H,19,21,26)/t13-,17-/m0/s1. The molecule has 8 heteroatoms. The van der Waals surface area contributed by atoms with E-state index in [9.17, 15) is 9.59 Å². The summed E-state index contributed by atoms with van der Waals surface area (Å²) in [4.78, 5) is 27.6. The number of carbonyl (C=O) groups is 2. The van der Waals surface area contributed by atoms with Crippen molar-refractivity contribution in [2.45, 2.75) is 45.2 Å². The third kappa shape index (κ3) is 2.75. The number of aromatic nitrogens is 4. The molecule has 1 aliphatic heterocycles. The van der Waals surface area contributed by atoms with Gasteiger partial charge in [-0.3, -0.25) is 14.3 Å². The molecule has 8 nitrogen and oxygen atoms in total. The van der Waals surface area contributed by atoms with E-state index in [1.54, 1.807) is 30.1 Å². The lowest BCUT2D eigenvalue weighted by Crippen LogP contribution is -2.34. The first-order chi connectivity index (χ1) is 12.5. The summed E-state index contributed by atoms with van der Waals surface area (Å²) in [6, 6.07) is 1.70. The molecule has 1 aliphatic carbocycles. The molecule has 1 saturated carbocycles. The van der Waals surface area contributed by atoms with Gasteiger partial charge in [-0.15, -0.1) is 0 Å². The molecule has 0 unspecified atom stereocenters. The van der Waals surface area contributed by atoms with Crippen molar-refractivity contribution in [3.8, 4) is 0 Å². The van der Waals surface area contributed by atoms with Gasteiger partial charge in [0.15, 0.2) is 0 Å². The summed E-state index contributed by atoms with van der Waals surface area (Å²) in [6.07, 6.45) is 5.56. The average molecular weight is 354 g/mol. The van der Waals surface area contributed by atoms with Gasteiger partial charge in [0.05, 0.1) is 35.7 Å². The molecular weight excluding hydrogens is 332 g/mol. The molecule has 1 N–H and O–H groups in total. The predicted octanol–water partition coefficient (Wildman–Crippen LogP) is 1.52. The van der Waals surface area contributed by atoms with Gasteiger partial charge in [0.2, 0.25) is 11.8 Å². The van der Waals surface area contributed by atoms with Crippen LogP contribution in [0.1, 0.15) is 42.3 Å². The molecule has 0 aromatic carbocycles. The van der Waals surface area contributed by atoms with E-state index in [-0.39, 0.29) is 30.3 Å². The van der Waals surface area contributed by atoms with Crippen molar-refractivity contribution in [3.63, 3.8) is 0 Å². The van der Waals surface area contributed by atoms with Gasteiger partial charge in [0.1, 0.15) is 0 Å². The molecule has 3 heterocycles. The van der Waals surface area contributed by atoms with Gasteiger partial charge in [0, 0.05) is 30.8 Å². The minimum Gasteiger partial charge on any atom is -0.332 e. The number of carbonyl (C=O) groups excluding carboxylic acids is 2. The predicted molar refractivity (Wildman–Crippen MR) is 94.1 cm³/mol. The maximum absolute atomic E-state index is 13.0. The number of nitrogens with zero attached hydrogens (tertiary/aromatic N) is 5. The number of hydrogen-bond donors (Lipinski definition) is 1. The van der Waals surface area contributed by atoms with E-state index >= 15 is 0 Å². The Balaban J connectivity index is 1.67. The molecular formula is C18H22N6O2. The number of hydrogen-bond acceptors (Lipinski definition) is 5.